The summed E-state index contributed by atoms with van der Waals surface area (Å²) in [5.74, 6) is 1.98. The third-order valence-corrected chi connectivity index (χ3v) is 4.72. The van der Waals surface area contributed by atoms with Crippen LogP contribution in [-0.2, 0) is 6.54 Å². The van der Waals surface area contributed by atoms with Crippen molar-refractivity contribution < 1.29 is 4.74 Å². The molecule has 25 heavy (non-hydrogen) atoms. The Balaban J connectivity index is 1.65. The number of aromatic nitrogens is 1. The van der Waals surface area contributed by atoms with Crippen LogP contribution in [0.25, 0.3) is 0 Å². The van der Waals surface area contributed by atoms with Crippen molar-refractivity contribution in [2.75, 3.05) is 37.7 Å². The molecule has 1 aromatic heterocycles. The predicted octanol–water partition coefficient (Wildman–Crippen LogP) is 3.97. The molecule has 1 aromatic carbocycles. The van der Waals surface area contributed by atoms with Crippen molar-refractivity contribution >= 4 is 5.82 Å². The van der Waals surface area contributed by atoms with Crippen LogP contribution in [0.1, 0.15) is 31.7 Å². The normalized spacial score (nSPS) is 15.1. The number of hydrogen-bond donors (Lipinski definition) is 0. The fraction of sp³-hybridized carbons (Fsp3) is 0.476. The summed E-state index contributed by atoms with van der Waals surface area (Å²) in [5.41, 5.74) is 1.28. The first-order valence-electron chi connectivity index (χ1n) is 9.45. The number of rotatable bonds is 8. The summed E-state index contributed by atoms with van der Waals surface area (Å²) in [6.07, 6.45) is 5.93. The fourth-order valence-electron chi connectivity index (χ4n) is 3.34. The average Bonchev–Trinajstić information content (AvgIpc) is 2.68. The van der Waals surface area contributed by atoms with Crippen LogP contribution in [0, 0.1) is 0 Å². The highest BCUT2D eigenvalue weighted by atomic mass is 16.5. The summed E-state index contributed by atoms with van der Waals surface area (Å²) in [6, 6.07) is 14.6. The Kier molecular flexibility index (Phi) is 6.69. The van der Waals surface area contributed by atoms with Crippen LogP contribution in [0.4, 0.5) is 5.82 Å². The van der Waals surface area contributed by atoms with E-state index in [2.05, 4.69) is 51.2 Å². The molecule has 0 bridgehead atoms. The Bertz CT molecular complexity index is 609. The average molecular weight is 339 g/mol. The number of piperidine rings is 1. The van der Waals surface area contributed by atoms with Gasteiger partial charge in [0.05, 0.1) is 6.61 Å². The molecule has 3 rings (SSSR count). The van der Waals surface area contributed by atoms with Gasteiger partial charge in [-0.1, -0.05) is 24.6 Å². The molecule has 1 aliphatic rings. The summed E-state index contributed by atoms with van der Waals surface area (Å²) in [7, 11) is 0. The number of pyridine rings is 1. The first-order chi connectivity index (χ1) is 12.3. The summed E-state index contributed by atoms with van der Waals surface area (Å²) >= 11 is 0. The van der Waals surface area contributed by atoms with E-state index in [9.17, 15) is 0 Å². The van der Waals surface area contributed by atoms with Crippen LogP contribution >= 0.6 is 0 Å². The number of nitrogens with zero attached hydrogens (tertiary/aromatic N) is 3. The Morgan fingerprint density at radius 1 is 1.04 bits per heavy atom. The monoisotopic (exact) mass is 339 g/mol. The molecular weight excluding hydrogens is 310 g/mol. The first-order valence-corrected chi connectivity index (χ1v) is 9.45. The van der Waals surface area contributed by atoms with E-state index in [1.807, 2.05) is 19.2 Å². The molecule has 1 aliphatic heterocycles. The maximum atomic E-state index is 5.54. The second-order valence-electron chi connectivity index (χ2n) is 6.59. The highest BCUT2D eigenvalue weighted by Gasteiger charge is 2.14. The minimum absolute atomic E-state index is 0.704. The van der Waals surface area contributed by atoms with Crippen LogP contribution in [0.2, 0.25) is 0 Å². The van der Waals surface area contributed by atoms with Crippen LogP contribution in [0.15, 0.2) is 48.7 Å². The van der Waals surface area contributed by atoms with Crippen LogP contribution < -0.4 is 9.64 Å². The molecule has 4 heteroatoms. The number of hydrogen-bond acceptors (Lipinski definition) is 4. The number of benzene rings is 1. The minimum Gasteiger partial charge on any atom is -0.494 e. The molecule has 4 nitrogen and oxygen atoms in total. The van der Waals surface area contributed by atoms with E-state index in [0.29, 0.717) is 6.61 Å². The van der Waals surface area contributed by atoms with E-state index < -0.39 is 0 Å². The van der Waals surface area contributed by atoms with Gasteiger partial charge < -0.3 is 14.5 Å². The van der Waals surface area contributed by atoms with Gasteiger partial charge in [-0.15, -0.1) is 0 Å². The Labute approximate surface area is 151 Å². The highest BCUT2D eigenvalue weighted by Crippen LogP contribution is 2.18. The molecule has 0 N–H and O–H groups in total. The number of likely N-dealkylation sites (tertiary alicyclic amines) is 1. The van der Waals surface area contributed by atoms with Gasteiger partial charge in [0.1, 0.15) is 11.6 Å². The van der Waals surface area contributed by atoms with Crippen molar-refractivity contribution in [2.24, 2.45) is 0 Å². The topological polar surface area (TPSA) is 28.6 Å². The molecule has 0 unspecified atom stereocenters. The zero-order valence-electron chi connectivity index (χ0n) is 15.2. The largest absolute Gasteiger partial charge is 0.494 e. The van der Waals surface area contributed by atoms with Gasteiger partial charge in [-0.2, -0.15) is 0 Å². The summed E-state index contributed by atoms with van der Waals surface area (Å²) in [4.78, 5) is 9.53. The standard InChI is InChI=1S/C21H29N3O/c1-2-25-20-11-9-19(10-12-20)18-24(21-8-4-5-13-22-21)17-16-23-14-6-3-7-15-23/h4-5,8-13H,2-3,6-7,14-18H2,1H3. The van der Waals surface area contributed by atoms with Crippen LogP contribution in [0.3, 0.4) is 0 Å². The van der Waals surface area contributed by atoms with Gasteiger partial charge in [0.25, 0.3) is 0 Å². The van der Waals surface area contributed by atoms with Gasteiger partial charge in [-0.05, 0) is 62.7 Å². The van der Waals surface area contributed by atoms with Gasteiger partial charge in [-0.3, -0.25) is 0 Å². The van der Waals surface area contributed by atoms with Crippen LogP contribution in [-0.4, -0.2) is 42.7 Å². The van der Waals surface area contributed by atoms with Crippen LogP contribution in [0.5, 0.6) is 5.75 Å². The summed E-state index contributed by atoms with van der Waals surface area (Å²) < 4.78 is 5.54. The molecule has 1 saturated heterocycles. The van der Waals surface area contributed by atoms with Crippen molar-refractivity contribution in [3.05, 3.63) is 54.2 Å². The van der Waals surface area contributed by atoms with Crippen molar-refractivity contribution in [1.82, 2.24) is 9.88 Å². The quantitative estimate of drug-likeness (QED) is 0.727. The lowest BCUT2D eigenvalue weighted by Crippen LogP contribution is -2.38. The Morgan fingerprint density at radius 2 is 1.84 bits per heavy atom. The maximum absolute atomic E-state index is 5.54. The molecular formula is C21H29N3O. The van der Waals surface area contributed by atoms with Gasteiger partial charge in [0.2, 0.25) is 0 Å². The predicted molar refractivity (Wildman–Crippen MR) is 103 cm³/mol. The van der Waals surface area contributed by atoms with E-state index >= 15 is 0 Å². The minimum atomic E-state index is 0.704. The zero-order valence-corrected chi connectivity index (χ0v) is 15.2. The lowest BCUT2D eigenvalue weighted by atomic mass is 10.1. The van der Waals surface area contributed by atoms with Crippen molar-refractivity contribution in [3.63, 3.8) is 0 Å². The van der Waals surface area contributed by atoms with E-state index in [-0.39, 0.29) is 0 Å². The molecule has 0 atom stereocenters. The molecule has 0 radical (unpaired) electrons. The van der Waals surface area contributed by atoms with Crippen molar-refractivity contribution in [3.8, 4) is 5.75 Å². The molecule has 134 valence electrons. The van der Waals surface area contributed by atoms with E-state index in [1.54, 1.807) is 0 Å². The number of anilines is 1. The van der Waals surface area contributed by atoms with Gasteiger partial charge in [0, 0.05) is 25.8 Å². The maximum Gasteiger partial charge on any atom is 0.128 e. The molecule has 0 aliphatic carbocycles. The smallest absolute Gasteiger partial charge is 0.128 e. The van der Waals surface area contributed by atoms with Gasteiger partial charge >= 0.3 is 0 Å². The lowest BCUT2D eigenvalue weighted by molar-refractivity contribution is 0.233. The van der Waals surface area contributed by atoms with E-state index in [1.165, 1.54) is 37.9 Å². The highest BCUT2D eigenvalue weighted by molar-refractivity contribution is 5.40. The summed E-state index contributed by atoms with van der Waals surface area (Å²) in [5, 5.41) is 0. The zero-order chi connectivity index (χ0) is 17.3. The molecule has 1 fully saturated rings. The first kappa shape index (κ1) is 17.7. The Hall–Kier alpha value is -2.07. The molecule has 0 amide bonds. The molecule has 2 heterocycles. The van der Waals surface area contributed by atoms with Gasteiger partial charge in [0.15, 0.2) is 0 Å². The molecule has 0 spiro atoms. The molecule has 0 saturated carbocycles. The summed E-state index contributed by atoms with van der Waals surface area (Å²) in [6.45, 7) is 8.17. The second-order valence-corrected chi connectivity index (χ2v) is 6.59. The molecule has 2 aromatic rings. The third kappa shape index (κ3) is 5.46. The van der Waals surface area contributed by atoms with Gasteiger partial charge in [-0.25, -0.2) is 4.98 Å². The van der Waals surface area contributed by atoms with Crippen molar-refractivity contribution in [2.45, 2.75) is 32.7 Å². The SMILES string of the molecule is CCOc1ccc(CN(CCN2CCCCC2)c2ccccn2)cc1. The lowest BCUT2D eigenvalue weighted by Gasteiger charge is -2.30. The van der Waals surface area contributed by atoms with E-state index in [4.69, 9.17) is 4.74 Å². The van der Waals surface area contributed by atoms with E-state index in [0.717, 1.165) is 31.2 Å². The Morgan fingerprint density at radius 3 is 2.52 bits per heavy atom. The second kappa shape index (κ2) is 9.42. The fourth-order valence-corrected chi connectivity index (χ4v) is 3.34. The van der Waals surface area contributed by atoms with Crippen molar-refractivity contribution in [1.29, 1.82) is 0 Å². The number of ether oxygens (including phenoxy) is 1. The third-order valence-electron chi connectivity index (χ3n) is 4.72.